The van der Waals surface area contributed by atoms with E-state index in [-0.39, 0.29) is 43.3 Å². The first-order valence-electron chi connectivity index (χ1n) is 7.19. The Bertz CT molecular complexity index is 436. The van der Waals surface area contributed by atoms with Crippen molar-refractivity contribution in [3.8, 4) is 12.3 Å². The minimum absolute atomic E-state index is 0.175. The fourth-order valence-corrected chi connectivity index (χ4v) is 2.32. The average molecular weight is 391 g/mol. The molecule has 0 spiro atoms. The van der Waals surface area contributed by atoms with Gasteiger partial charge in [-0.05, 0) is 6.42 Å². The molecule has 0 radical (unpaired) electrons. The average Bonchev–Trinajstić information content (AvgIpc) is 2.54. The second-order valence-electron chi connectivity index (χ2n) is 4.78. The Kier molecular flexibility index (Phi) is 12.0. The summed E-state index contributed by atoms with van der Waals surface area (Å²) in [6.45, 7) is 2.74. The summed E-state index contributed by atoms with van der Waals surface area (Å²) >= 11 is 3.23. The Morgan fingerprint density at radius 1 is 1.26 bits per heavy atom. The highest BCUT2D eigenvalue weighted by Gasteiger charge is 2.22. The summed E-state index contributed by atoms with van der Waals surface area (Å²) in [5, 5.41) is 5.31. The number of alkyl halides is 1. The topological polar surface area (TPSA) is 93.7 Å². The van der Waals surface area contributed by atoms with E-state index in [1.807, 2.05) is 0 Å². The van der Waals surface area contributed by atoms with Crippen LogP contribution in [0.5, 0.6) is 0 Å². The van der Waals surface area contributed by atoms with Crippen LogP contribution >= 0.6 is 15.9 Å². The van der Waals surface area contributed by atoms with E-state index in [9.17, 15) is 14.4 Å². The maximum absolute atomic E-state index is 11.8. The molecule has 0 saturated heterocycles. The zero-order valence-electron chi connectivity index (χ0n) is 13.4. The third-order valence-electron chi connectivity index (χ3n) is 2.85. The third kappa shape index (κ3) is 10.7. The second kappa shape index (κ2) is 12.9. The van der Waals surface area contributed by atoms with Crippen molar-refractivity contribution in [2.24, 2.45) is 5.92 Å². The maximum Gasteiger partial charge on any atom is 0.308 e. The van der Waals surface area contributed by atoms with Gasteiger partial charge in [0.15, 0.2) is 0 Å². The summed E-state index contributed by atoms with van der Waals surface area (Å²) in [5.41, 5.74) is 0. The zero-order valence-corrected chi connectivity index (χ0v) is 15.0. The van der Waals surface area contributed by atoms with Crippen LogP contribution in [-0.2, 0) is 23.9 Å². The molecule has 0 bridgehead atoms. The summed E-state index contributed by atoms with van der Waals surface area (Å²) < 4.78 is 9.59. The van der Waals surface area contributed by atoms with Crippen molar-refractivity contribution in [1.29, 1.82) is 0 Å². The van der Waals surface area contributed by atoms with Gasteiger partial charge in [0.1, 0.15) is 6.61 Å². The van der Waals surface area contributed by atoms with Gasteiger partial charge in [0, 0.05) is 13.1 Å². The van der Waals surface area contributed by atoms with Crippen molar-refractivity contribution in [3.63, 3.8) is 0 Å². The minimum Gasteiger partial charge on any atom is -0.469 e. The van der Waals surface area contributed by atoms with Crippen LogP contribution in [0.1, 0.15) is 19.8 Å². The van der Waals surface area contributed by atoms with Gasteiger partial charge in [0.2, 0.25) is 11.8 Å². The first-order valence-corrected chi connectivity index (χ1v) is 8.11. The van der Waals surface area contributed by atoms with E-state index in [1.165, 1.54) is 7.11 Å². The van der Waals surface area contributed by atoms with Gasteiger partial charge in [-0.25, -0.2) is 0 Å². The molecule has 7 nitrogen and oxygen atoms in total. The molecule has 0 saturated carbocycles. The number of amides is 2. The monoisotopic (exact) mass is 390 g/mol. The first kappa shape index (κ1) is 21.4. The highest BCUT2D eigenvalue weighted by molar-refractivity contribution is 9.10. The maximum atomic E-state index is 11.8. The number of halogens is 1. The SMILES string of the molecule is C#CCOCCC(=O)NCCNC(=O)C(Br)CC(C)C(=O)OC. The number of ether oxygens (including phenoxy) is 2. The zero-order chi connectivity index (χ0) is 17.7. The summed E-state index contributed by atoms with van der Waals surface area (Å²) in [6, 6.07) is 0. The number of carbonyl (C=O) groups is 3. The predicted octanol–water partition coefficient (Wildman–Crippen LogP) is 0.221. The Balaban J connectivity index is 3.79. The van der Waals surface area contributed by atoms with Crippen molar-refractivity contribution < 1.29 is 23.9 Å². The molecular weight excluding hydrogens is 368 g/mol. The molecule has 0 aliphatic carbocycles. The quantitative estimate of drug-likeness (QED) is 0.228. The molecule has 0 aromatic rings. The van der Waals surface area contributed by atoms with Crippen LogP contribution in [0.2, 0.25) is 0 Å². The number of hydrogen-bond acceptors (Lipinski definition) is 5. The van der Waals surface area contributed by atoms with E-state index in [2.05, 4.69) is 37.2 Å². The highest BCUT2D eigenvalue weighted by atomic mass is 79.9. The molecule has 130 valence electrons. The second-order valence-corrected chi connectivity index (χ2v) is 5.88. The van der Waals surface area contributed by atoms with Gasteiger partial charge in [0.25, 0.3) is 0 Å². The van der Waals surface area contributed by atoms with Crippen LogP contribution in [0, 0.1) is 18.3 Å². The van der Waals surface area contributed by atoms with Gasteiger partial charge in [-0.3, -0.25) is 14.4 Å². The number of methoxy groups -OCH3 is 1. The smallest absolute Gasteiger partial charge is 0.308 e. The lowest BCUT2D eigenvalue weighted by Crippen LogP contribution is -2.38. The predicted molar refractivity (Wildman–Crippen MR) is 88.8 cm³/mol. The molecule has 0 rings (SSSR count). The fourth-order valence-electron chi connectivity index (χ4n) is 1.60. The van der Waals surface area contributed by atoms with Gasteiger partial charge in [-0.15, -0.1) is 6.42 Å². The van der Waals surface area contributed by atoms with Crippen molar-refractivity contribution in [3.05, 3.63) is 0 Å². The standard InChI is InChI=1S/C15H23BrN2O5/c1-4-8-23-9-5-13(19)17-6-7-18-14(20)12(16)10-11(2)15(21)22-3/h1,11-12H,5-10H2,2-3H3,(H,17,19)(H,18,20). The molecular formula is C15H23BrN2O5. The lowest BCUT2D eigenvalue weighted by molar-refractivity contribution is -0.145. The summed E-state index contributed by atoms with van der Waals surface area (Å²) in [7, 11) is 1.31. The molecule has 2 amide bonds. The Morgan fingerprint density at radius 2 is 1.91 bits per heavy atom. The van der Waals surface area contributed by atoms with Crippen molar-refractivity contribution in [2.45, 2.75) is 24.6 Å². The number of rotatable bonds is 11. The van der Waals surface area contributed by atoms with Crippen molar-refractivity contribution in [1.82, 2.24) is 10.6 Å². The number of esters is 1. The molecule has 0 heterocycles. The Morgan fingerprint density at radius 3 is 2.52 bits per heavy atom. The van der Waals surface area contributed by atoms with Crippen molar-refractivity contribution >= 4 is 33.7 Å². The molecule has 0 aliphatic rings. The van der Waals surface area contributed by atoms with E-state index >= 15 is 0 Å². The number of nitrogens with one attached hydrogen (secondary N) is 2. The van der Waals surface area contributed by atoms with E-state index in [4.69, 9.17) is 11.2 Å². The van der Waals surface area contributed by atoms with E-state index in [1.54, 1.807) is 6.92 Å². The van der Waals surface area contributed by atoms with Crippen LogP contribution in [-0.4, -0.2) is 56.0 Å². The number of hydrogen-bond donors (Lipinski definition) is 2. The van der Waals surface area contributed by atoms with Crippen LogP contribution in [0.25, 0.3) is 0 Å². The molecule has 2 N–H and O–H groups in total. The summed E-state index contributed by atoms with van der Waals surface area (Å²) in [5.74, 6) is 1.15. The van der Waals surface area contributed by atoms with Crippen LogP contribution in [0.15, 0.2) is 0 Å². The summed E-state index contributed by atoms with van der Waals surface area (Å²) in [6.07, 6.45) is 5.55. The molecule has 8 heteroatoms. The lowest BCUT2D eigenvalue weighted by Gasteiger charge is -2.14. The van der Waals surface area contributed by atoms with Gasteiger partial charge >= 0.3 is 5.97 Å². The molecule has 2 unspecified atom stereocenters. The molecule has 23 heavy (non-hydrogen) atoms. The fraction of sp³-hybridized carbons (Fsp3) is 0.667. The van der Waals surface area contributed by atoms with Crippen LogP contribution < -0.4 is 10.6 Å². The van der Waals surface area contributed by atoms with Gasteiger partial charge < -0.3 is 20.1 Å². The molecule has 0 fully saturated rings. The Labute approximate surface area is 145 Å². The third-order valence-corrected chi connectivity index (χ3v) is 3.64. The van der Waals surface area contributed by atoms with Gasteiger partial charge in [-0.2, -0.15) is 0 Å². The van der Waals surface area contributed by atoms with E-state index in [0.717, 1.165) is 0 Å². The largest absolute Gasteiger partial charge is 0.469 e. The Hall–Kier alpha value is -1.59. The van der Waals surface area contributed by atoms with Crippen molar-refractivity contribution in [2.75, 3.05) is 33.4 Å². The van der Waals surface area contributed by atoms with E-state index < -0.39 is 4.83 Å². The number of carbonyl (C=O) groups excluding carboxylic acids is 3. The number of terminal acetylenes is 1. The first-order chi connectivity index (χ1) is 10.9. The van der Waals surface area contributed by atoms with E-state index in [0.29, 0.717) is 19.5 Å². The normalized spacial score (nSPS) is 12.6. The highest BCUT2D eigenvalue weighted by Crippen LogP contribution is 2.14. The minimum atomic E-state index is -0.496. The van der Waals surface area contributed by atoms with Crippen LogP contribution in [0.3, 0.4) is 0 Å². The lowest BCUT2D eigenvalue weighted by atomic mass is 10.1. The molecule has 0 aliphatic heterocycles. The van der Waals surface area contributed by atoms with Gasteiger partial charge in [-0.1, -0.05) is 28.8 Å². The molecule has 2 atom stereocenters. The molecule has 0 aromatic carbocycles. The molecule has 0 aromatic heterocycles. The van der Waals surface area contributed by atoms with Crippen LogP contribution in [0.4, 0.5) is 0 Å². The van der Waals surface area contributed by atoms with Gasteiger partial charge in [0.05, 0.1) is 30.9 Å². The summed E-state index contributed by atoms with van der Waals surface area (Å²) in [4.78, 5) is 34.0.